The van der Waals surface area contributed by atoms with Crippen molar-refractivity contribution in [3.63, 3.8) is 0 Å². The maximum atomic E-state index is 10.5. The molecule has 0 saturated carbocycles. The molecule has 3 rings (SSSR count). The lowest BCUT2D eigenvalue weighted by Crippen LogP contribution is -2.02. The molecule has 0 amide bonds. The second-order valence-corrected chi connectivity index (χ2v) is 6.02. The van der Waals surface area contributed by atoms with E-state index in [1.165, 1.54) is 12.1 Å². The fourth-order valence-corrected chi connectivity index (χ4v) is 2.58. The average molecular weight is 363 g/mol. The molecular formula is C16H13NO7S. The van der Waals surface area contributed by atoms with Gasteiger partial charge in [-0.3, -0.25) is 14.5 Å². The van der Waals surface area contributed by atoms with Crippen molar-refractivity contribution >= 4 is 26.8 Å². The highest BCUT2D eigenvalue weighted by molar-refractivity contribution is 7.85. The predicted molar refractivity (Wildman–Crippen MR) is 88.2 cm³/mol. The van der Waals surface area contributed by atoms with Crippen molar-refractivity contribution in [3.8, 4) is 5.95 Å². The summed E-state index contributed by atoms with van der Waals surface area (Å²) in [5, 5.41) is 11.4. The molecule has 0 aliphatic rings. The Morgan fingerprint density at radius 1 is 1.00 bits per heavy atom. The van der Waals surface area contributed by atoms with Crippen molar-refractivity contribution in [2.45, 2.75) is 4.90 Å². The molecule has 130 valence electrons. The number of nitro benzene ring substituents is 1. The Kier molecular flexibility index (Phi) is 5.63. The van der Waals surface area contributed by atoms with Crippen molar-refractivity contribution < 1.29 is 27.0 Å². The zero-order valence-corrected chi connectivity index (χ0v) is 13.8. The molecule has 1 heterocycles. The zero-order chi connectivity index (χ0) is 18.4. The van der Waals surface area contributed by atoms with Gasteiger partial charge in [0, 0.05) is 17.5 Å². The standard InChI is InChI=1S/C10H9O2.C6H5NO5S/c1-11-10-7-6-8-4-2-3-5-9(8)12-10;8-7(9)5-3-1-2-4-6(5)13(10,11)12/h2-7H,1H3;1-4H,(H,10,11,12)/q+1;/p-1. The van der Waals surface area contributed by atoms with Crippen LogP contribution in [-0.4, -0.2) is 25.0 Å². The Morgan fingerprint density at radius 3 is 2.24 bits per heavy atom. The third-order valence-electron chi connectivity index (χ3n) is 3.06. The van der Waals surface area contributed by atoms with Crippen LogP contribution < -0.4 is 4.74 Å². The molecule has 8 nitrogen and oxygen atoms in total. The minimum Gasteiger partial charge on any atom is -0.744 e. The van der Waals surface area contributed by atoms with Gasteiger partial charge in [-0.15, -0.1) is 0 Å². The van der Waals surface area contributed by atoms with Crippen LogP contribution in [0.1, 0.15) is 0 Å². The van der Waals surface area contributed by atoms with E-state index in [0.717, 1.165) is 23.1 Å². The van der Waals surface area contributed by atoms with Crippen LogP contribution in [0.4, 0.5) is 5.69 Å². The summed E-state index contributed by atoms with van der Waals surface area (Å²) in [6.45, 7) is 0. The van der Waals surface area contributed by atoms with Crippen LogP contribution in [0, 0.1) is 10.1 Å². The number of nitro groups is 1. The molecule has 0 atom stereocenters. The molecule has 0 aliphatic heterocycles. The van der Waals surface area contributed by atoms with Gasteiger partial charge in [0.05, 0.1) is 11.0 Å². The number of hydrogen-bond donors (Lipinski definition) is 0. The molecule has 0 bridgehead atoms. The molecule has 0 unspecified atom stereocenters. The van der Waals surface area contributed by atoms with Crippen LogP contribution in [-0.2, 0) is 10.1 Å². The highest BCUT2D eigenvalue weighted by Gasteiger charge is 2.16. The third kappa shape index (κ3) is 4.72. The van der Waals surface area contributed by atoms with E-state index in [1.807, 2.05) is 36.4 Å². The van der Waals surface area contributed by atoms with E-state index in [9.17, 15) is 23.1 Å². The highest BCUT2D eigenvalue weighted by atomic mass is 32.2. The summed E-state index contributed by atoms with van der Waals surface area (Å²) in [4.78, 5) is 8.55. The number of para-hydroxylation sites is 2. The van der Waals surface area contributed by atoms with Crippen molar-refractivity contribution in [2.24, 2.45) is 0 Å². The van der Waals surface area contributed by atoms with Gasteiger partial charge in [0.1, 0.15) is 15.0 Å². The first-order valence-corrected chi connectivity index (χ1v) is 8.29. The maximum absolute atomic E-state index is 10.5. The van der Waals surface area contributed by atoms with Crippen LogP contribution in [0.3, 0.4) is 0 Å². The lowest BCUT2D eigenvalue weighted by molar-refractivity contribution is -0.387. The number of methoxy groups -OCH3 is 1. The number of nitrogens with zero attached hydrogens (tertiary/aromatic N) is 1. The van der Waals surface area contributed by atoms with Crippen molar-refractivity contribution in [1.29, 1.82) is 0 Å². The van der Waals surface area contributed by atoms with E-state index in [1.54, 1.807) is 7.11 Å². The maximum Gasteiger partial charge on any atom is 0.518 e. The monoisotopic (exact) mass is 363 g/mol. The minimum atomic E-state index is -4.77. The first kappa shape index (κ1) is 18.3. The molecule has 1 aromatic heterocycles. The van der Waals surface area contributed by atoms with Crippen molar-refractivity contribution in [2.75, 3.05) is 7.11 Å². The Morgan fingerprint density at radius 2 is 1.64 bits per heavy atom. The first-order valence-electron chi connectivity index (χ1n) is 6.88. The summed E-state index contributed by atoms with van der Waals surface area (Å²) in [6.07, 6.45) is 0. The summed E-state index contributed by atoms with van der Waals surface area (Å²) in [7, 11) is -3.18. The van der Waals surface area contributed by atoms with Gasteiger partial charge >= 0.3 is 5.95 Å². The summed E-state index contributed by atoms with van der Waals surface area (Å²) < 4.78 is 41.8. The lowest BCUT2D eigenvalue weighted by atomic mass is 10.2. The Balaban J connectivity index is 0.000000181. The summed E-state index contributed by atoms with van der Waals surface area (Å²) in [6, 6.07) is 16.0. The molecule has 25 heavy (non-hydrogen) atoms. The Hall–Kier alpha value is -3.04. The highest BCUT2D eigenvalue weighted by Crippen LogP contribution is 2.22. The number of fused-ring (bicyclic) bond motifs is 1. The fraction of sp³-hybridized carbons (Fsp3) is 0.0625. The molecular weight excluding hydrogens is 350 g/mol. The summed E-state index contributed by atoms with van der Waals surface area (Å²) in [5.74, 6) is 0.536. The van der Waals surface area contributed by atoms with Crippen LogP contribution in [0.5, 0.6) is 5.95 Å². The summed E-state index contributed by atoms with van der Waals surface area (Å²) >= 11 is 0. The van der Waals surface area contributed by atoms with Crippen LogP contribution >= 0.6 is 0 Å². The second-order valence-electron chi connectivity index (χ2n) is 4.68. The normalized spacial score (nSPS) is 10.6. The van der Waals surface area contributed by atoms with E-state index in [0.29, 0.717) is 5.95 Å². The molecule has 0 saturated heterocycles. The average Bonchev–Trinajstić information content (AvgIpc) is 2.61. The molecule has 0 N–H and O–H groups in total. The molecule has 2 aromatic carbocycles. The van der Waals surface area contributed by atoms with Crippen molar-refractivity contribution in [3.05, 3.63) is 70.8 Å². The van der Waals surface area contributed by atoms with E-state index >= 15 is 0 Å². The Bertz CT molecular complexity index is 1000. The lowest BCUT2D eigenvalue weighted by Gasteiger charge is -2.06. The van der Waals surface area contributed by atoms with Crippen LogP contribution in [0.2, 0.25) is 0 Å². The molecule has 3 aromatic rings. The van der Waals surface area contributed by atoms with Crippen molar-refractivity contribution in [1.82, 2.24) is 0 Å². The minimum absolute atomic E-state index is 0.536. The molecule has 0 fully saturated rings. The molecule has 0 spiro atoms. The van der Waals surface area contributed by atoms with Gasteiger partial charge in [-0.1, -0.05) is 24.3 Å². The quantitative estimate of drug-likeness (QED) is 0.303. The van der Waals surface area contributed by atoms with Gasteiger partial charge in [0.15, 0.2) is 7.11 Å². The predicted octanol–water partition coefficient (Wildman–Crippen LogP) is 3.22. The van der Waals surface area contributed by atoms with E-state index < -0.39 is 25.6 Å². The van der Waals surface area contributed by atoms with E-state index in [4.69, 9.17) is 9.15 Å². The van der Waals surface area contributed by atoms with E-state index in [2.05, 4.69) is 0 Å². The second kappa shape index (κ2) is 7.69. The Labute approximate surface area is 143 Å². The third-order valence-corrected chi connectivity index (χ3v) is 3.94. The number of rotatable bonds is 3. The number of benzene rings is 2. The molecule has 0 radical (unpaired) electrons. The zero-order valence-electron chi connectivity index (χ0n) is 13.0. The van der Waals surface area contributed by atoms with Gasteiger partial charge in [0.25, 0.3) is 11.3 Å². The van der Waals surface area contributed by atoms with Gasteiger partial charge in [-0.25, -0.2) is 8.42 Å². The molecule has 0 aliphatic carbocycles. The topological polar surface area (TPSA) is 121 Å². The van der Waals surface area contributed by atoms with Gasteiger partial charge in [-0.05, 0) is 18.2 Å². The van der Waals surface area contributed by atoms with Gasteiger partial charge in [-0.2, -0.15) is 0 Å². The number of hydrogen-bond acceptors (Lipinski definition) is 6. The fourth-order valence-electron chi connectivity index (χ4n) is 1.94. The first-order chi connectivity index (χ1) is 11.8. The van der Waals surface area contributed by atoms with Crippen LogP contribution in [0.25, 0.3) is 11.0 Å². The smallest absolute Gasteiger partial charge is 0.518 e. The molecule has 9 heteroatoms. The van der Waals surface area contributed by atoms with Gasteiger partial charge in [0.2, 0.25) is 0 Å². The number of ether oxygens (including phenoxy) is 1. The summed E-state index contributed by atoms with van der Waals surface area (Å²) in [5.41, 5.74) is 0.148. The van der Waals surface area contributed by atoms with Crippen LogP contribution in [0.15, 0.2) is 70.0 Å². The van der Waals surface area contributed by atoms with E-state index in [-0.39, 0.29) is 0 Å². The van der Waals surface area contributed by atoms with Gasteiger partial charge < -0.3 is 9.29 Å². The largest absolute Gasteiger partial charge is 0.744 e. The SMILES string of the molecule is COc1ccc2ccccc2[o+]1.O=[N+]([O-])c1ccccc1S(=O)(=O)[O-].